The largest absolute Gasteiger partial charge is 0.456 e. The van der Waals surface area contributed by atoms with Crippen molar-refractivity contribution < 1.29 is 4.42 Å². The molecule has 0 saturated carbocycles. The molecule has 0 radical (unpaired) electrons. The van der Waals surface area contributed by atoms with E-state index < -0.39 is 0 Å². The van der Waals surface area contributed by atoms with Crippen LogP contribution < -0.4 is 0 Å². The first kappa shape index (κ1) is 33.3. The fourth-order valence-corrected chi connectivity index (χ4v) is 10.5. The zero-order valence-corrected chi connectivity index (χ0v) is 32.9. The summed E-state index contributed by atoms with van der Waals surface area (Å²) in [7, 11) is 0. The summed E-state index contributed by atoms with van der Waals surface area (Å²) < 4.78 is 9.03. The van der Waals surface area contributed by atoms with E-state index in [-0.39, 0.29) is 0 Å². The maximum atomic E-state index is 6.55. The normalized spacial score (nSPS) is 12.0. The lowest BCUT2D eigenvalue weighted by Gasteiger charge is -2.11. The zero-order valence-electron chi connectivity index (χ0n) is 32.1. The average molecular weight is 782 g/mol. The van der Waals surface area contributed by atoms with Crippen molar-refractivity contribution >= 4 is 64.2 Å². The lowest BCUT2D eigenvalue weighted by Crippen LogP contribution is -2.00. The van der Waals surface area contributed by atoms with Gasteiger partial charge in [0, 0.05) is 47.6 Å². The second-order valence-corrected chi connectivity index (χ2v) is 16.6. The molecule has 60 heavy (non-hydrogen) atoms. The fourth-order valence-electron chi connectivity index (χ4n) is 9.34. The van der Waals surface area contributed by atoms with Gasteiger partial charge in [0.15, 0.2) is 17.5 Å². The molecule has 1 aliphatic carbocycles. The minimum Gasteiger partial charge on any atom is -0.456 e. The van der Waals surface area contributed by atoms with Gasteiger partial charge in [-0.2, -0.15) is 0 Å². The third-order valence-corrected chi connectivity index (χ3v) is 13.2. The van der Waals surface area contributed by atoms with E-state index in [1.165, 1.54) is 58.8 Å². The summed E-state index contributed by atoms with van der Waals surface area (Å²) in [6, 6.07) is 66.8. The van der Waals surface area contributed by atoms with Crippen LogP contribution >= 0.6 is 11.3 Å². The summed E-state index contributed by atoms with van der Waals surface area (Å²) in [6.45, 7) is 0. The highest BCUT2D eigenvalue weighted by Gasteiger charge is 2.23. The molecule has 3 aromatic heterocycles. The molecule has 0 amide bonds. The standard InChI is InChI=1S/C55H31N3OS/c1-2-11-32(12-3-1)53-56-54(58-55(57-53)36-23-25-42-41-17-6-7-22-49(41)60-50(42)31-36)35-14-8-13-33(29-35)38-18-10-21-48-52(38)46-30-34(24-28-47(46)59-48)37-26-27-45-40-16-5-4-15-39(40)44-20-9-19-43(37)51(44)45/h1-31H. The molecular formula is C55H31N3OS. The lowest BCUT2D eigenvalue weighted by atomic mass is 9.92. The van der Waals surface area contributed by atoms with Crippen LogP contribution in [0.4, 0.5) is 0 Å². The predicted octanol–water partition coefficient (Wildman–Crippen LogP) is 15.3. The smallest absolute Gasteiger partial charge is 0.164 e. The number of aromatic nitrogens is 3. The number of hydrogen-bond acceptors (Lipinski definition) is 5. The van der Waals surface area contributed by atoms with Gasteiger partial charge in [-0.15, -0.1) is 11.3 Å². The molecule has 0 spiro atoms. The molecule has 9 aromatic carbocycles. The van der Waals surface area contributed by atoms with Gasteiger partial charge in [0.2, 0.25) is 0 Å². The lowest BCUT2D eigenvalue weighted by molar-refractivity contribution is 0.669. The second kappa shape index (κ2) is 12.9. The van der Waals surface area contributed by atoms with Crippen LogP contribution in [0.3, 0.4) is 0 Å². The minimum atomic E-state index is 0.623. The van der Waals surface area contributed by atoms with E-state index in [4.69, 9.17) is 19.4 Å². The van der Waals surface area contributed by atoms with Crippen LogP contribution in [0.15, 0.2) is 192 Å². The van der Waals surface area contributed by atoms with Crippen LogP contribution in [0.25, 0.3) is 132 Å². The first-order chi connectivity index (χ1) is 29.7. The number of thiophene rings is 1. The van der Waals surface area contributed by atoms with Gasteiger partial charge in [-0.1, -0.05) is 152 Å². The molecule has 0 bridgehead atoms. The van der Waals surface area contributed by atoms with Crippen molar-refractivity contribution in [1.29, 1.82) is 0 Å². The Labute approximate surface area is 348 Å². The van der Waals surface area contributed by atoms with Crippen molar-refractivity contribution in [3.63, 3.8) is 0 Å². The summed E-state index contributed by atoms with van der Waals surface area (Å²) in [5.41, 5.74) is 14.3. The molecule has 13 rings (SSSR count). The highest BCUT2D eigenvalue weighted by Crippen LogP contribution is 2.50. The maximum absolute atomic E-state index is 6.55. The third-order valence-electron chi connectivity index (χ3n) is 12.1. The van der Waals surface area contributed by atoms with E-state index in [1.54, 1.807) is 11.3 Å². The van der Waals surface area contributed by atoms with Gasteiger partial charge in [0.1, 0.15) is 11.2 Å². The Morgan fingerprint density at radius 3 is 1.75 bits per heavy atom. The summed E-state index contributed by atoms with van der Waals surface area (Å²) in [5.74, 6) is 1.91. The van der Waals surface area contributed by atoms with Gasteiger partial charge in [0.25, 0.3) is 0 Å². The Bertz CT molecular complexity index is 3700. The van der Waals surface area contributed by atoms with Crippen molar-refractivity contribution in [1.82, 2.24) is 15.0 Å². The Morgan fingerprint density at radius 2 is 0.883 bits per heavy atom. The van der Waals surface area contributed by atoms with Gasteiger partial charge in [-0.25, -0.2) is 15.0 Å². The highest BCUT2D eigenvalue weighted by molar-refractivity contribution is 7.25. The maximum Gasteiger partial charge on any atom is 0.164 e. The quantitative estimate of drug-likeness (QED) is 0.174. The summed E-state index contributed by atoms with van der Waals surface area (Å²) in [6.07, 6.45) is 0. The molecule has 0 aliphatic heterocycles. The molecule has 4 nitrogen and oxygen atoms in total. The van der Waals surface area contributed by atoms with Gasteiger partial charge >= 0.3 is 0 Å². The van der Waals surface area contributed by atoms with E-state index in [0.717, 1.165) is 55.3 Å². The number of rotatable bonds is 5. The topological polar surface area (TPSA) is 51.8 Å². The first-order valence-electron chi connectivity index (χ1n) is 20.2. The van der Waals surface area contributed by atoms with Crippen LogP contribution in [0.5, 0.6) is 0 Å². The van der Waals surface area contributed by atoms with Gasteiger partial charge in [-0.05, 0) is 91.7 Å². The average Bonchev–Trinajstić information content (AvgIpc) is 3.99. The zero-order chi connectivity index (χ0) is 39.3. The first-order valence-corrected chi connectivity index (χ1v) is 21.0. The van der Waals surface area contributed by atoms with Crippen molar-refractivity contribution in [3.05, 3.63) is 188 Å². The molecule has 278 valence electrons. The van der Waals surface area contributed by atoms with E-state index in [9.17, 15) is 0 Å². The summed E-state index contributed by atoms with van der Waals surface area (Å²) >= 11 is 1.80. The van der Waals surface area contributed by atoms with Crippen LogP contribution in [0.2, 0.25) is 0 Å². The Morgan fingerprint density at radius 1 is 0.300 bits per heavy atom. The van der Waals surface area contributed by atoms with E-state index in [0.29, 0.717) is 17.5 Å². The monoisotopic (exact) mass is 781 g/mol. The molecule has 12 aromatic rings. The minimum absolute atomic E-state index is 0.623. The number of furan rings is 1. The van der Waals surface area contributed by atoms with Crippen molar-refractivity contribution in [2.75, 3.05) is 0 Å². The van der Waals surface area contributed by atoms with Gasteiger partial charge in [-0.3, -0.25) is 0 Å². The number of benzene rings is 9. The van der Waals surface area contributed by atoms with Crippen molar-refractivity contribution in [3.8, 4) is 78.7 Å². The Balaban J connectivity index is 0.947. The van der Waals surface area contributed by atoms with Crippen molar-refractivity contribution in [2.45, 2.75) is 0 Å². The Hall–Kier alpha value is -7.73. The molecule has 3 heterocycles. The number of hydrogen-bond donors (Lipinski definition) is 0. The van der Waals surface area contributed by atoms with Crippen molar-refractivity contribution in [2.24, 2.45) is 0 Å². The predicted molar refractivity (Wildman–Crippen MR) is 249 cm³/mol. The van der Waals surface area contributed by atoms with E-state index >= 15 is 0 Å². The molecule has 0 unspecified atom stereocenters. The van der Waals surface area contributed by atoms with E-state index in [1.807, 2.05) is 18.2 Å². The van der Waals surface area contributed by atoms with Crippen LogP contribution in [0.1, 0.15) is 0 Å². The summed E-state index contributed by atoms with van der Waals surface area (Å²) in [4.78, 5) is 15.3. The molecule has 0 N–H and O–H groups in total. The van der Waals surface area contributed by atoms with Crippen LogP contribution in [-0.2, 0) is 0 Å². The number of nitrogens with zero attached hydrogens (tertiary/aromatic N) is 3. The van der Waals surface area contributed by atoms with Crippen LogP contribution in [0, 0.1) is 0 Å². The molecule has 0 saturated heterocycles. The Kier molecular flexibility index (Phi) is 7.14. The highest BCUT2D eigenvalue weighted by atomic mass is 32.1. The third kappa shape index (κ3) is 5.06. The molecule has 0 atom stereocenters. The molecule has 5 heteroatoms. The van der Waals surface area contributed by atoms with E-state index in [2.05, 4.69) is 170 Å². The summed E-state index contributed by atoms with van der Waals surface area (Å²) in [5, 5.41) is 7.27. The van der Waals surface area contributed by atoms with Gasteiger partial charge < -0.3 is 4.42 Å². The molecule has 0 fully saturated rings. The van der Waals surface area contributed by atoms with Gasteiger partial charge in [0.05, 0.1) is 0 Å². The fraction of sp³-hybridized carbons (Fsp3) is 0. The molecular weight excluding hydrogens is 751 g/mol. The second-order valence-electron chi connectivity index (χ2n) is 15.5. The van der Waals surface area contributed by atoms with Crippen LogP contribution in [-0.4, -0.2) is 15.0 Å². The number of fused-ring (bicyclic) bond motifs is 9. The molecule has 1 aliphatic rings. The SMILES string of the molecule is c1ccc(-c2nc(-c3cccc(-c4cccc5oc6ccc(-c7ccc8c9c(cccc79)-c7ccccc7-8)cc6c45)c3)nc(-c3ccc4c(c3)sc3ccccc34)n2)cc1.